The molecular weight excluding hydrogens is 363 g/mol. The summed E-state index contributed by atoms with van der Waals surface area (Å²) in [6, 6.07) is 11.9. The van der Waals surface area contributed by atoms with Crippen molar-refractivity contribution in [1.29, 1.82) is 0 Å². The molecule has 1 amide bonds. The van der Waals surface area contributed by atoms with Crippen LogP contribution in [-0.2, 0) is 6.73 Å². The van der Waals surface area contributed by atoms with Gasteiger partial charge in [0.05, 0.1) is 5.02 Å². The van der Waals surface area contributed by atoms with Gasteiger partial charge in [0.25, 0.3) is 5.91 Å². The van der Waals surface area contributed by atoms with Gasteiger partial charge in [0.1, 0.15) is 11.6 Å². The number of carbonyl (C=O) groups excluding carboxylic acids is 1. The Hall–Kier alpha value is -2.57. The molecule has 0 saturated heterocycles. The van der Waals surface area contributed by atoms with Crippen LogP contribution in [0.25, 0.3) is 0 Å². The second kappa shape index (κ2) is 7.55. The average Bonchev–Trinajstić information content (AvgIpc) is 3.03. The van der Waals surface area contributed by atoms with Gasteiger partial charge in [-0.3, -0.25) is 4.79 Å². The highest BCUT2D eigenvalue weighted by molar-refractivity contribution is 6.35. The summed E-state index contributed by atoms with van der Waals surface area (Å²) in [7, 11) is 0. The predicted octanol–water partition coefficient (Wildman–Crippen LogP) is 4.18. The lowest BCUT2D eigenvalue weighted by Crippen LogP contribution is -2.15. The molecule has 128 valence electrons. The lowest BCUT2D eigenvalue weighted by Gasteiger charge is -2.08. The maximum Gasteiger partial charge on any atom is 0.277 e. The number of hydrogen-bond donors (Lipinski definition) is 1. The van der Waals surface area contributed by atoms with Crippen LogP contribution in [-0.4, -0.2) is 20.7 Å². The first-order chi connectivity index (χ1) is 12.0. The van der Waals surface area contributed by atoms with Crippen molar-refractivity contribution in [2.24, 2.45) is 0 Å². The molecule has 0 saturated carbocycles. The molecular formula is C17H14Cl2N4O2. The van der Waals surface area contributed by atoms with E-state index < -0.39 is 0 Å². The minimum absolute atomic E-state index is 0.108. The van der Waals surface area contributed by atoms with E-state index in [4.69, 9.17) is 27.9 Å². The van der Waals surface area contributed by atoms with Gasteiger partial charge >= 0.3 is 0 Å². The van der Waals surface area contributed by atoms with Gasteiger partial charge in [-0.25, -0.2) is 9.67 Å². The molecule has 3 rings (SSSR count). The van der Waals surface area contributed by atoms with Gasteiger partial charge in [-0.1, -0.05) is 29.3 Å². The van der Waals surface area contributed by atoms with E-state index in [2.05, 4.69) is 15.4 Å². The molecule has 0 spiro atoms. The fourth-order valence-electron chi connectivity index (χ4n) is 2.08. The first-order valence-corrected chi connectivity index (χ1v) is 8.13. The summed E-state index contributed by atoms with van der Waals surface area (Å²) in [5.74, 6) is 0.613. The minimum atomic E-state index is -0.346. The summed E-state index contributed by atoms with van der Waals surface area (Å²) in [5, 5.41) is 7.81. The van der Waals surface area contributed by atoms with Gasteiger partial charge in [0, 0.05) is 16.9 Å². The summed E-state index contributed by atoms with van der Waals surface area (Å²) in [4.78, 5) is 16.4. The predicted molar refractivity (Wildman–Crippen MR) is 96.2 cm³/mol. The molecule has 0 radical (unpaired) electrons. The van der Waals surface area contributed by atoms with Crippen LogP contribution in [0.3, 0.4) is 0 Å². The quantitative estimate of drug-likeness (QED) is 0.724. The Morgan fingerprint density at radius 2 is 2.08 bits per heavy atom. The lowest BCUT2D eigenvalue weighted by molar-refractivity contribution is 0.102. The number of pyridine rings is 1. The van der Waals surface area contributed by atoms with Gasteiger partial charge in [-0.2, -0.15) is 5.10 Å². The monoisotopic (exact) mass is 376 g/mol. The van der Waals surface area contributed by atoms with Crippen molar-refractivity contribution in [3.63, 3.8) is 0 Å². The molecule has 2 heterocycles. The van der Waals surface area contributed by atoms with Crippen molar-refractivity contribution < 1.29 is 9.53 Å². The van der Waals surface area contributed by atoms with Crippen molar-refractivity contribution >= 4 is 34.9 Å². The summed E-state index contributed by atoms with van der Waals surface area (Å²) in [5.41, 5.74) is 1.07. The molecule has 0 aliphatic rings. The normalized spacial score (nSPS) is 10.5. The van der Waals surface area contributed by atoms with E-state index in [1.54, 1.807) is 36.5 Å². The van der Waals surface area contributed by atoms with Gasteiger partial charge in [0.2, 0.25) is 0 Å². The smallest absolute Gasteiger partial charge is 0.277 e. The molecule has 0 atom stereocenters. The Kier molecular flexibility index (Phi) is 5.21. The number of nitrogens with one attached hydrogen (secondary N) is 1. The highest BCUT2D eigenvalue weighted by Crippen LogP contribution is 2.27. The van der Waals surface area contributed by atoms with Gasteiger partial charge in [-0.15, -0.1) is 0 Å². The number of carbonyl (C=O) groups is 1. The Morgan fingerprint density at radius 3 is 2.84 bits per heavy atom. The second-order valence-electron chi connectivity index (χ2n) is 5.21. The minimum Gasteiger partial charge on any atom is -0.470 e. The Balaban J connectivity index is 1.62. The zero-order valence-corrected chi connectivity index (χ0v) is 14.8. The number of nitrogens with zero attached hydrogens (tertiary/aromatic N) is 3. The largest absolute Gasteiger partial charge is 0.470 e. The van der Waals surface area contributed by atoms with E-state index in [-0.39, 0.29) is 18.3 Å². The van der Waals surface area contributed by atoms with Crippen LogP contribution >= 0.6 is 23.2 Å². The fourth-order valence-corrected chi connectivity index (χ4v) is 2.54. The number of aryl methyl sites for hydroxylation is 1. The second-order valence-corrected chi connectivity index (χ2v) is 6.05. The molecule has 8 heteroatoms. The van der Waals surface area contributed by atoms with Crippen LogP contribution in [0.2, 0.25) is 10.0 Å². The van der Waals surface area contributed by atoms with E-state index in [0.29, 0.717) is 21.6 Å². The molecule has 1 N–H and O–H groups in total. The van der Waals surface area contributed by atoms with E-state index in [9.17, 15) is 4.79 Å². The molecule has 0 aliphatic heterocycles. The molecule has 0 unspecified atom stereocenters. The molecule has 3 aromatic rings. The van der Waals surface area contributed by atoms with Crippen molar-refractivity contribution in [3.8, 4) is 5.75 Å². The Bertz CT molecular complexity index is 911. The number of aromatic nitrogens is 3. The van der Waals surface area contributed by atoms with Crippen molar-refractivity contribution in [1.82, 2.24) is 14.8 Å². The number of benzene rings is 1. The van der Waals surface area contributed by atoms with E-state index in [1.807, 2.05) is 19.1 Å². The van der Waals surface area contributed by atoms with Crippen molar-refractivity contribution in [2.75, 3.05) is 5.32 Å². The standard InChI is InChI=1S/C17H14Cl2N4O2/c1-11-3-2-4-16(20-11)21-17(24)14-7-8-23(22-14)10-25-15-6-5-12(18)9-13(15)19/h2-9H,10H2,1H3,(H,20,21,24). The van der Waals surface area contributed by atoms with Crippen LogP contribution in [0, 0.1) is 6.92 Å². The summed E-state index contributed by atoms with van der Waals surface area (Å²) in [6.07, 6.45) is 1.64. The molecule has 0 bridgehead atoms. The first kappa shape index (κ1) is 17.3. The molecule has 1 aromatic carbocycles. The number of ether oxygens (including phenoxy) is 1. The SMILES string of the molecule is Cc1cccc(NC(=O)c2ccn(COc3ccc(Cl)cc3Cl)n2)n1. The van der Waals surface area contributed by atoms with Crippen molar-refractivity contribution in [2.45, 2.75) is 13.7 Å². The van der Waals surface area contributed by atoms with Gasteiger partial charge in [0.15, 0.2) is 12.4 Å². The van der Waals surface area contributed by atoms with Crippen LogP contribution in [0.15, 0.2) is 48.7 Å². The highest BCUT2D eigenvalue weighted by atomic mass is 35.5. The highest BCUT2D eigenvalue weighted by Gasteiger charge is 2.11. The zero-order valence-electron chi connectivity index (χ0n) is 13.2. The summed E-state index contributed by atoms with van der Waals surface area (Å²) >= 11 is 11.9. The maximum absolute atomic E-state index is 12.2. The first-order valence-electron chi connectivity index (χ1n) is 7.37. The van der Waals surface area contributed by atoms with E-state index in [0.717, 1.165) is 5.69 Å². The average molecular weight is 377 g/mol. The lowest BCUT2D eigenvalue weighted by atomic mass is 10.3. The Labute approximate surface area is 154 Å². The molecule has 25 heavy (non-hydrogen) atoms. The third-order valence-electron chi connectivity index (χ3n) is 3.25. The third-order valence-corrected chi connectivity index (χ3v) is 3.78. The Morgan fingerprint density at radius 1 is 1.24 bits per heavy atom. The molecule has 0 aliphatic carbocycles. The maximum atomic E-state index is 12.2. The topological polar surface area (TPSA) is 69.0 Å². The molecule has 2 aromatic heterocycles. The van der Waals surface area contributed by atoms with E-state index >= 15 is 0 Å². The number of hydrogen-bond acceptors (Lipinski definition) is 4. The summed E-state index contributed by atoms with van der Waals surface area (Å²) < 4.78 is 7.06. The fraction of sp³-hybridized carbons (Fsp3) is 0.118. The summed E-state index contributed by atoms with van der Waals surface area (Å²) in [6.45, 7) is 1.96. The van der Waals surface area contributed by atoms with Gasteiger partial charge in [-0.05, 0) is 43.3 Å². The van der Waals surface area contributed by atoms with Crippen LogP contribution in [0.4, 0.5) is 5.82 Å². The zero-order chi connectivity index (χ0) is 17.8. The van der Waals surface area contributed by atoms with Crippen molar-refractivity contribution in [3.05, 3.63) is 70.1 Å². The molecule has 6 nitrogen and oxygen atoms in total. The van der Waals surface area contributed by atoms with Crippen LogP contribution in [0.5, 0.6) is 5.75 Å². The number of anilines is 1. The van der Waals surface area contributed by atoms with Crippen LogP contribution < -0.4 is 10.1 Å². The third kappa shape index (κ3) is 4.49. The van der Waals surface area contributed by atoms with E-state index in [1.165, 1.54) is 4.68 Å². The van der Waals surface area contributed by atoms with Crippen LogP contribution in [0.1, 0.15) is 16.2 Å². The number of halogens is 2. The number of rotatable bonds is 5. The number of amides is 1. The molecule has 0 fully saturated rings. The van der Waals surface area contributed by atoms with Gasteiger partial charge < -0.3 is 10.1 Å².